The average Bonchev–Trinajstić information content (AvgIpc) is 2.81. The third-order valence-corrected chi connectivity index (χ3v) is 3.91. The van der Waals surface area contributed by atoms with E-state index in [1.165, 1.54) is 12.0 Å². The largest absolute Gasteiger partial charge is 0.467 e. The van der Waals surface area contributed by atoms with Crippen molar-refractivity contribution in [1.82, 2.24) is 4.90 Å². The number of carbonyl (C=O) groups is 2. The average molecular weight is 375 g/mol. The number of hydrogen-bond donors (Lipinski definition) is 0. The monoisotopic (exact) mass is 375 g/mol. The molecule has 1 heterocycles. The van der Waals surface area contributed by atoms with Crippen molar-refractivity contribution in [3.63, 3.8) is 0 Å². The second kappa shape index (κ2) is 6.23. The Morgan fingerprint density at radius 1 is 1.53 bits per heavy atom. The van der Waals surface area contributed by atoms with E-state index in [1.54, 1.807) is 12.1 Å². The molecule has 6 heteroatoms. The molecule has 2 rings (SSSR count). The van der Waals surface area contributed by atoms with Gasteiger partial charge in [-0.25, -0.2) is 9.59 Å². The lowest BCUT2D eigenvalue weighted by molar-refractivity contribution is -0.146. The van der Waals surface area contributed by atoms with Gasteiger partial charge in [0.1, 0.15) is 6.10 Å². The molecule has 0 bridgehead atoms. The number of halogens is 1. The highest BCUT2D eigenvalue weighted by Crippen LogP contribution is 2.27. The molecule has 0 aromatic heterocycles. The SMILES string of the molecule is COC(=O)[C@@H](c1ccccc1)N1C[C@@H](CI)OC1=O. The topological polar surface area (TPSA) is 55.8 Å². The Morgan fingerprint density at radius 2 is 2.21 bits per heavy atom. The van der Waals surface area contributed by atoms with Gasteiger partial charge in [0.05, 0.1) is 13.7 Å². The minimum Gasteiger partial charge on any atom is -0.467 e. The summed E-state index contributed by atoms with van der Waals surface area (Å²) < 4.78 is 10.7. The molecule has 0 radical (unpaired) electrons. The zero-order valence-corrected chi connectivity index (χ0v) is 12.6. The van der Waals surface area contributed by atoms with Gasteiger partial charge in [-0.15, -0.1) is 0 Å². The molecule has 0 aliphatic carbocycles. The molecule has 0 saturated carbocycles. The molecule has 1 fully saturated rings. The van der Waals surface area contributed by atoms with Crippen molar-refractivity contribution in [3.05, 3.63) is 35.9 Å². The lowest BCUT2D eigenvalue weighted by Crippen LogP contribution is -2.36. The van der Waals surface area contributed by atoms with E-state index in [0.717, 1.165) is 5.56 Å². The Bertz CT molecular complexity index is 465. The van der Waals surface area contributed by atoms with Crippen LogP contribution in [0.25, 0.3) is 0 Å². The first kappa shape index (κ1) is 14.1. The molecule has 1 aromatic carbocycles. The molecule has 102 valence electrons. The molecule has 0 unspecified atom stereocenters. The van der Waals surface area contributed by atoms with Crippen LogP contribution < -0.4 is 0 Å². The lowest BCUT2D eigenvalue weighted by Gasteiger charge is -2.23. The maximum atomic E-state index is 12.0. The Balaban J connectivity index is 2.29. The number of hydrogen-bond acceptors (Lipinski definition) is 4. The third kappa shape index (κ3) is 2.99. The first-order valence-electron chi connectivity index (χ1n) is 5.83. The number of esters is 1. The summed E-state index contributed by atoms with van der Waals surface area (Å²) in [6, 6.07) is 8.35. The van der Waals surface area contributed by atoms with Gasteiger partial charge in [0.2, 0.25) is 0 Å². The van der Waals surface area contributed by atoms with Crippen LogP contribution in [-0.2, 0) is 14.3 Å². The van der Waals surface area contributed by atoms with E-state index in [-0.39, 0.29) is 6.10 Å². The lowest BCUT2D eigenvalue weighted by atomic mass is 10.1. The van der Waals surface area contributed by atoms with Crippen molar-refractivity contribution in [2.75, 3.05) is 18.1 Å². The third-order valence-electron chi connectivity index (χ3n) is 2.93. The highest BCUT2D eigenvalue weighted by molar-refractivity contribution is 14.1. The number of nitrogens with zero attached hydrogens (tertiary/aromatic N) is 1. The molecule has 0 N–H and O–H groups in total. The predicted octanol–water partition coefficient (Wildman–Crippen LogP) is 2.16. The van der Waals surface area contributed by atoms with Crippen LogP contribution in [0.15, 0.2) is 30.3 Å². The summed E-state index contributed by atoms with van der Waals surface area (Å²) in [5, 5.41) is 0. The summed E-state index contributed by atoms with van der Waals surface area (Å²) in [7, 11) is 1.31. The summed E-state index contributed by atoms with van der Waals surface area (Å²) in [5.41, 5.74) is 0.723. The fraction of sp³-hybridized carbons (Fsp3) is 0.385. The summed E-state index contributed by atoms with van der Waals surface area (Å²) in [6.45, 7) is 0.399. The molecular weight excluding hydrogens is 361 g/mol. The number of ether oxygens (including phenoxy) is 2. The van der Waals surface area contributed by atoms with Crippen LogP contribution >= 0.6 is 22.6 Å². The van der Waals surface area contributed by atoms with Gasteiger partial charge in [0.25, 0.3) is 0 Å². The summed E-state index contributed by atoms with van der Waals surface area (Å²) in [6.07, 6.45) is -0.648. The Labute approximate surface area is 125 Å². The fourth-order valence-electron chi connectivity index (χ4n) is 2.02. The van der Waals surface area contributed by atoms with Crippen LogP contribution in [0.5, 0.6) is 0 Å². The predicted molar refractivity (Wildman–Crippen MR) is 77.1 cm³/mol. The van der Waals surface area contributed by atoms with E-state index in [0.29, 0.717) is 11.0 Å². The zero-order valence-electron chi connectivity index (χ0n) is 10.4. The Morgan fingerprint density at radius 3 is 2.74 bits per heavy atom. The van der Waals surface area contributed by atoms with Crippen molar-refractivity contribution in [2.45, 2.75) is 12.1 Å². The van der Waals surface area contributed by atoms with Crippen LogP contribution in [0.2, 0.25) is 0 Å². The van der Waals surface area contributed by atoms with E-state index < -0.39 is 18.1 Å². The van der Waals surface area contributed by atoms with Gasteiger partial charge >= 0.3 is 12.1 Å². The van der Waals surface area contributed by atoms with Gasteiger partial charge in [-0.2, -0.15) is 0 Å². The molecule has 19 heavy (non-hydrogen) atoms. The maximum Gasteiger partial charge on any atom is 0.411 e. The number of carbonyl (C=O) groups excluding carboxylic acids is 2. The minimum absolute atomic E-state index is 0.177. The van der Waals surface area contributed by atoms with Crippen LogP contribution in [0.1, 0.15) is 11.6 Å². The second-order valence-electron chi connectivity index (χ2n) is 4.15. The van der Waals surface area contributed by atoms with Crippen molar-refractivity contribution >= 4 is 34.7 Å². The summed E-state index contributed by atoms with van der Waals surface area (Å²) in [4.78, 5) is 25.3. The molecule has 5 nitrogen and oxygen atoms in total. The van der Waals surface area contributed by atoms with E-state index in [1.807, 2.05) is 18.2 Å². The number of benzene rings is 1. The van der Waals surface area contributed by atoms with E-state index in [2.05, 4.69) is 22.6 Å². The zero-order chi connectivity index (χ0) is 13.8. The summed E-state index contributed by atoms with van der Waals surface area (Å²) in [5.74, 6) is -0.461. The first-order valence-corrected chi connectivity index (χ1v) is 7.36. The number of amides is 1. The van der Waals surface area contributed by atoms with E-state index in [9.17, 15) is 9.59 Å². The van der Waals surface area contributed by atoms with Gasteiger partial charge in [-0.3, -0.25) is 4.90 Å². The van der Waals surface area contributed by atoms with Crippen molar-refractivity contribution in [3.8, 4) is 0 Å². The van der Waals surface area contributed by atoms with Crippen LogP contribution in [0.4, 0.5) is 4.79 Å². The Kier molecular flexibility index (Phi) is 4.62. The van der Waals surface area contributed by atoms with Crippen LogP contribution in [0.3, 0.4) is 0 Å². The number of rotatable bonds is 4. The first-order chi connectivity index (χ1) is 9.17. The van der Waals surface area contributed by atoms with Crippen molar-refractivity contribution in [1.29, 1.82) is 0 Å². The normalized spacial score (nSPS) is 20.0. The minimum atomic E-state index is -0.744. The van der Waals surface area contributed by atoms with Gasteiger partial charge in [-0.1, -0.05) is 52.9 Å². The van der Waals surface area contributed by atoms with Crippen molar-refractivity contribution in [2.24, 2.45) is 0 Å². The standard InChI is InChI=1S/C13H14INO4/c1-18-12(16)11(9-5-3-2-4-6-9)15-8-10(7-14)19-13(15)17/h2-6,10-11H,7-8H2,1H3/t10-,11-/m1/s1. The van der Waals surface area contributed by atoms with Gasteiger partial charge in [0, 0.05) is 4.43 Å². The summed E-state index contributed by atoms with van der Waals surface area (Å²) >= 11 is 2.15. The molecular formula is C13H14INO4. The molecule has 1 aliphatic heterocycles. The molecule has 0 spiro atoms. The van der Waals surface area contributed by atoms with E-state index in [4.69, 9.17) is 9.47 Å². The number of cyclic esters (lactones) is 1. The highest BCUT2D eigenvalue weighted by Gasteiger charge is 2.40. The van der Waals surface area contributed by atoms with Gasteiger partial charge in [0.15, 0.2) is 6.04 Å². The van der Waals surface area contributed by atoms with Gasteiger partial charge in [-0.05, 0) is 5.56 Å². The number of methoxy groups -OCH3 is 1. The fourth-order valence-corrected chi connectivity index (χ4v) is 2.48. The quantitative estimate of drug-likeness (QED) is 0.460. The maximum absolute atomic E-state index is 12.0. The van der Waals surface area contributed by atoms with Crippen LogP contribution in [-0.4, -0.2) is 41.1 Å². The van der Waals surface area contributed by atoms with E-state index >= 15 is 0 Å². The highest BCUT2D eigenvalue weighted by atomic mass is 127. The molecule has 2 atom stereocenters. The molecule has 1 aliphatic rings. The van der Waals surface area contributed by atoms with Crippen LogP contribution in [0, 0.1) is 0 Å². The molecule has 1 aromatic rings. The Hall–Kier alpha value is -1.31. The second-order valence-corrected chi connectivity index (χ2v) is 5.03. The van der Waals surface area contributed by atoms with Gasteiger partial charge < -0.3 is 9.47 Å². The molecule has 1 saturated heterocycles. The van der Waals surface area contributed by atoms with Crippen molar-refractivity contribution < 1.29 is 19.1 Å². The number of alkyl halides is 1. The molecule has 1 amide bonds. The smallest absolute Gasteiger partial charge is 0.411 e.